The average Bonchev–Trinajstić information content (AvgIpc) is 3.37. The zero-order valence-electron chi connectivity index (χ0n) is 21.8. The Morgan fingerprint density at radius 3 is 1.67 bits per heavy atom. The van der Waals surface area contributed by atoms with Crippen molar-refractivity contribution >= 4 is 23.1 Å². The van der Waals surface area contributed by atoms with Gasteiger partial charge in [0.05, 0.1) is 5.69 Å². The molecule has 0 bridgehead atoms. The van der Waals surface area contributed by atoms with E-state index >= 15 is 0 Å². The molecular weight excluding hydrogens is 441 g/mol. The minimum Gasteiger partial charge on any atom is -0.254 e. The van der Waals surface area contributed by atoms with Crippen molar-refractivity contribution in [2.45, 2.75) is 41.5 Å². The van der Waals surface area contributed by atoms with Gasteiger partial charge in [-0.1, -0.05) is 103 Å². The Labute approximate surface area is 213 Å². The summed E-state index contributed by atoms with van der Waals surface area (Å²) >= 11 is 0. The lowest BCUT2D eigenvalue weighted by Gasteiger charge is -2.24. The normalized spacial score (nSPS) is 11.1. The molecule has 36 heavy (non-hydrogen) atoms. The van der Waals surface area contributed by atoms with E-state index in [1.54, 1.807) is 12.4 Å². The van der Waals surface area contributed by atoms with Crippen LogP contribution in [0.25, 0.3) is 22.5 Å². The maximum atomic E-state index is 4.75. The lowest BCUT2D eigenvalue weighted by molar-refractivity contribution is 0.308. The molecule has 0 N–H and O–H groups in total. The first-order valence-corrected chi connectivity index (χ1v) is 12.3. The first kappa shape index (κ1) is 23.7. The van der Waals surface area contributed by atoms with Crippen LogP contribution in [-0.2, 0) is 0 Å². The van der Waals surface area contributed by atoms with Gasteiger partial charge < -0.3 is 0 Å². The predicted molar refractivity (Wildman–Crippen MR) is 149 cm³/mol. The molecule has 0 aliphatic heterocycles. The van der Waals surface area contributed by atoms with Gasteiger partial charge in [0.15, 0.2) is 5.69 Å². The Morgan fingerprint density at radius 2 is 1.17 bits per heavy atom. The molecule has 5 aromatic rings. The van der Waals surface area contributed by atoms with E-state index in [4.69, 9.17) is 4.63 Å². The number of hydrogen-bond donors (Lipinski definition) is 0. The summed E-state index contributed by atoms with van der Waals surface area (Å²) in [5.74, 6) is 0. The molecule has 5 heteroatoms. The summed E-state index contributed by atoms with van der Waals surface area (Å²) in [5.41, 5.74) is 15.6. The number of hydrogen-bond acceptors (Lipinski definition) is 4. The number of pyridine rings is 1. The second kappa shape index (κ2) is 9.58. The van der Waals surface area contributed by atoms with Crippen LogP contribution in [0.15, 0.2) is 77.7 Å². The largest absolute Gasteiger partial charge is 0.254 e. The highest BCUT2D eigenvalue weighted by molar-refractivity contribution is 6.96. The summed E-state index contributed by atoms with van der Waals surface area (Å²) in [6.07, 6.45) is 3.38. The van der Waals surface area contributed by atoms with Gasteiger partial charge in [-0.15, -0.1) is 0 Å². The van der Waals surface area contributed by atoms with Crippen LogP contribution in [0.4, 0.5) is 0 Å². The maximum absolute atomic E-state index is 4.75. The SMILES string of the molecule is Cc1cc(C)c(B(c2ccc(-c3ccnc(-c4cnon4)c3)cc2)c2c(C)cc(C)cc2C)c(C)c1. The predicted octanol–water partition coefficient (Wildman–Crippen LogP) is 5.17. The molecule has 0 radical (unpaired) electrons. The minimum absolute atomic E-state index is 0.162. The first-order valence-electron chi connectivity index (χ1n) is 12.3. The Bertz CT molecular complexity index is 1440. The van der Waals surface area contributed by atoms with E-state index in [2.05, 4.69) is 105 Å². The van der Waals surface area contributed by atoms with Crippen molar-refractivity contribution in [1.29, 1.82) is 0 Å². The third kappa shape index (κ3) is 4.49. The van der Waals surface area contributed by atoms with E-state index in [0.29, 0.717) is 5.69 Å². The summed E-state index contributed by atoms with van der Waals surface area (Å²) in [5, 5.41) is 7.62. The van der Waals surface area contributed by atoms with Crippen molar-refractivity contribution in [1.82, 2.24) is 15.3 Å². The molecule has 4 nitrogen and oxygen atoms in total. The summed E-state index contributed by atoms with van der Waals surface area (Å²) in [4.78, 5) is 4.42. The zero-order valence-corrected chi connectivity index (χ0v) is 21.8. The Balaban J connectivity index is 1.63. The molecule has 0 amide bonds. The molecule has 2 aromatic heterocycles. The van der Waals surface area contributed by atoms with Crippen molar-refractivity contribution in [3.8, 4) is 22.5 Å². The highest BCUT2D eigenvalue weighted by Gasteiger charge is 2.28. The average molecular weight is 471 g/mol. The van der Waals surface area contributed by atoms with Gasteiger partial charge in [0.2, 0.25) is 6.71 Å². The van der Waals surface area contributed by atoms with Gasteiger partial charge in [0, 0.05) is 6.20 Å². The standard InChI is InChI=1S/C31H30BN3O/c1-19-13-21(3)30(22(4)14-19)32(31-23(5)15-20(2)16-24(31)6)27-9-7-25(8-10-27)26-11-12-33-28(17-26)29-18-34-36-35-29/h7-18H,1-6H3. The maximum Gasteiger partial charge on any atom is 0.242 e. The fourth-order valence-electron chi connectivity index (χ4n) is 5.67. The van der Waals surface area contributed by atoms with Crippen LogP contribution in [0.5, 0.6) is 0 Å². The van der Waals surface area contributed by atoms with Crippen LogP contribution in [0.2, 0.25) is 0 Å². The number of aryl methyl sites for hydroxylation is 6. The molecule has 0 aliphatic rings. The molecular formula is C31H30BN3O. The van der Waals surface area contributed by atoms with E-state index < -0.39 is 0 Å². The van der Waals surface area contributed by atoms with Crippen molar-refractivity contribution in [3.05, 3.63) is 106 Å². The molecule has 0 aliphatic carbocycles. The molecule has 5 rings (SSSR count). The van der Waals surface area contributed by atoms with Gasteiger partial charge in [-0.2, -0.15) is 0 Å². The van der Waals surface area contributed by atoms with Gasteiger partial charge in [0.1, 0.15) is 6.20 Å². The molecule has 2 heterocycles. The van der Waals surface area contributed by atoms with Crippen molar-refractivity contribution < 1.29 is 4.63 Å². The highest BCUT2D eigenvalue weighted by atomic mass is 16.6. The molecule has 3 aromatic carbocycles. The van der Waals surface area contributed by atoms with Gasteiger partial charge in [-0.05, 0) is 70.0 Å². The van der Waals surface area contributed by atoms with Crippen molar-refractivity contribution in [2.75, 3.05) is 0 Å². The molecule has 0 spiro atoms. The van der Waals surface area contributed by atoms with E-state index in [9.17, 15) is 0 Å². The van der Waals surface area contributed by atoms with Crippen LogP contribution < -0.4 is 16.4 Å². The van der Waals surface area contributed by atoms with E-state index in [1.165, 1.54) is 49.8 Å². The lowest BCUT2D eigenvalue weighted by Crippen LogP contribution is -2.55. The van der Waals surface area contributed by atoms with Gasteiger partial charge >= 0.3 is 0 Å². The first-order chi connectivity index (χ1) is 17.3. The second-order valence-corrected chi connectivity index (χ2v) is 9.90. The molecule has 0 saturated heterocycles. The third-order valence-corrected chi connectivity index (χ3v) is 7.01. The highest BCUT2D eigenvalue weighted by Crippen LogP contribution is 2.23. The quantitative estimate of drug-likeness (QED) is 0.332. The molecule has 0 atom stereocenters. The number of rotatable bonds is 5. The summed E-state index contributed by atoms with van der Waals surface area (Å²) in [7, 11) is 0. The van der Waals surface area contributed by atoms with Gasteiger partial charge in [-0.25, -0.2) is 4.63 Å². The van der Waals surface area contributed by atoms with Gasteiger partial charge in [-0.3, -0.25) is 4.98 Å². The third-order valence-electron chi connectivity index (χ3n) is 7.01. The number of benzene rings is 3. The molecule has 0 saturated carbocycles. The summed E-state index contributed by atoms with van der Waals surface area (Å²) in [6.45, 7) is 13.5. The number of nitrogens with zero attached hydrogens (tertiary/aromatic N) is 3. The zero-order chi connectivity index (χ0) is 25.4. The molecule has 0 unspecified atom stereocenters. The monoisotopic (exact) mass is 471 g/mol. The fourth-order valence-corrected chi connectivity index (χ4v) is 5.67. The Hall–Kier alpha value is -3.99. The van der Waals surface area contributed by atoms with Gasteiger partial charge in [0.25, 0.3) is 0 Å². The summed E-state index contributed by atoms with van der Waals surface area (Å²) in [6, 6.07) is 22.2. The van der Waals surface area contributed by atoms with E-state index in [1.807, 2.05) is 12.1 Å². The Morgan fingerprint density at radius 1 is 0.611 bits per heavy atom. The Kier molecular flexibility index (Phi) is 6.32. The minimum atomic E-state index is 0.162. The smallest absolute Gasteiger partial charge is 0.242 e. The topological polar surface area (TPSA) is 51.8 Å². The van der Waals surface area contributed by atoms with Crippen molar-refractivity contribution in [2.24, 2.45) is 0 Å². The van der Waals surface area contributed by atoms with Crippen LogP contribution in [0, 0.1) is 41.5 Å². The summed E-state index contributed by atoms with van der Waals surface area (Å²) < 4.78 is 4.75. The molecule has 0 fully saturated rings. The number of aromatic nitrogens is 3. The van der Waals surface area contributed by atoms with Crippen LogP contribution in [0.1, 0.15) is 33.4 Å². The van der Waals surface area contributed by atoms with Crippen LogP contribution in [-0.4, -0.2) is 22.0 Å². The fraction of sp³-hybridized carbons (Fsp3) is 0.194. The second-order valence-electron chi connectivity index (χ2n) is 9.90. The van der Waals surface area contributed by atoms with Crippen molar-refractivity contribution in [3.63, 3.8) is 0 Å². The van der Waals surface area contributed by atoms with Crippen LogP contribution in [0.3, 0.4) is 0 Å². The van der Waals surface area contributed by atoms with E-state index in [-0.39, 0.29) is 6.71 Å². The van der Waals surface area contributed by atoms with E-state index in [0.717, 1.165) is 16.8 Å². The molecule has 178 valence electrons. The van der Waals surface area contributed by atoms with Crippen LogP contribution >= 0.6 is 0 Å². The lowest BCUT2D eigenvalue weighted by atomic mass is 9.34.